The van der Waals surface area contributed by atoms with Crippen LogP contribution < -0.4 is 5.30 Å². The van der Waals surface area contributed by atoms with E-state index in [9.17, 15) is 17.3 Å². The van der Waals surface area contributed by atoms with Gasteiger partial charge in [-0.1, -0.05) is 95.0 Å². The molecule has 0 spiro atoms. The fraction of sp³-hybridized carbons (Fsp3) is 0.520. The fourth-order valence-electron chi connectivity index (χ4n) is 5.21. The lowest BCUT2D eigenvalue weighted by molar-refractivity contribution is 0.368. The van der Waals surface area contributed by atoms with E-state index in [0.29, 0.717) is 0 Å². The molecule has 0 atom stereocenters. The molecule has 170 valence electrons. The maximum atomic E-state index is 9.75. The highest BCUT2D eigenvalue weighted by molar-refractivity contribution is 7.67. The average molecular weight is 451 g/mol. The molecule has 2 aromatic carbocycles. The van der Waals surface area contributed by atoms with Crippen molar-refractivity contribution in [2.75, 3.05) is 0 Å². The minimum atomic E-state index is -6.00. The molecule has 2 fully saturated rings. The van der Waals surface area contributed by atoms with Crippen molar-refractivity contribution in [1.82, 2.24) is 0 Å². The monoisotopic (exact) mass is 451 g/mol. The van der Waals surface area contributed by atoms with E-state index in [1.165, 1.54) is 80.9 Å². The minimum Gasteiger partial charge on any atom is -0.418 e. The molecule has 2 aliphatic rings. The summed E-state index contributed by atoms with van der Waals surface area (Å²) in [4.78, 5) is 0. The van der Waals surface area contributed by atoms with Crippen molar-refractivity contribution >= 4 is 20.5 Å². The summed E-state index contributed by atoms with van der Waals surface area (Å²) in [6.45, 7) is 2.27. The zero-order valence-corrected chi connectivity index (χ0v) is 19.3. The summed E-state index contributed by atoms with van der Waals surface area (Å²) in [5.74, 6) is 0. The molecule has 4 rings (SSSR count). The van der Waals surface area contributed by atoms with Crippen LogP contribution in [0.3, 0.4) is 0 Å². The number of hydrogen-bond acceptors (Lipinski definition) is 0. The van der Waals surface area contributed by atoms with Gasteiger partial charge >= 0.3 is 7.25 Å². The number of halogens is 4. The Morgan fingerprint density at radius 2 is 1.06 bits per heavy atom. The predicted octanol–water partition coefficient (Wildman–Crippen LogP) is 8.73. The Kier molecular flexibility index (Phi) is 9.01. The molecule has 2 aliphatic carbocycles. The third-order valence-electron chi connectivity index (χ3n) is 6.55. The number of rotatable bonds is 4. The second kappa shape index (κ2) is 11.5. The summed E-state index contributed by atoms with van der Waals surface area (Å²) in [6, 6.07) is 18.4. The van der Waals surface area contributed by atoms with Crippen LogP contribution >= 0.6 is 7.92 Å². The summed E-state index contributed by atoms with van der Waals surface area (Å²) in [5, 5.41) is 1.72. The van der Waals surface area contributed by atoms with E-state index >= 15 is 0 Å². The first kappa shape index (κ1) is 24.3. The average Bonchev–Trinajstić information content (AvgIpc) is 2.75. The summed E-state index contributed by atoms with van der Waals surface area (Å²) in [7, 11) is -6.05. The molecule has 2 aromatic rings. The highest BCUT2D eigenvalue weighted by Crippen LogP contribution is 2.56. The molecule has 0 unspecified atom stereocenters. The second-order valence-electron chi connectivity index (χ2n) is 8.82. The van der Waals surface area contributed by atoms with Crippen LogP contribution in [0.1, 0.15) is 69.8 Å². The van der Waals surface area contributed by atoms with Gasteiger partial charge in [-0.15, -0.1) is 0 Å². The Hall–Kier alpha value is -1.35. The maximum Gasteiger partial charge on any atom is 0.673 e. The van der Waals surface area contributed by atoms with Crippen molar-refractivity contribution in [3.8, 4) is 11.1 Å². The highest BCUT2D eigenvalue weighted by atomic mass is 31.1. The lowest BCUT2D eigenvalue weighted by atomic mass is 9.99. The van der Waals surface area contributed by atoms with Gasteiger partial charge in [-0.05, 0) is 65.9 Å². The van der Waals surface area contributed by atoms with E-state index in [1.807, 2.05) is 0 Å². The van der Waals surface area contributed by atoms with E-state index in [4.69, 9.17) is 0 Å². The molecule has 0 aromatic heterocycles. The van der Waals surface area contributed by atoms with E-state index in [2.05, 4.69) is 55.5 Å². The van der Waals surface area contributed by atoms with Crippen molar-refractivity contribution in [2.24, 2.45) is 0 Å². The molecule has 0 N–H and O–H groups in total. The summed E-state index contributed by atoms with van der Waals surface area (Å²) in [5.41, 5.74) is 6.34. The van der Waals surface area contributed by atoms with Crippen molar-refractivity contribution in [2.45, 2.75) is 82.4 Å². The fourth-order valence-corrected chi connectivity index (χ4v) is 9.17. The lowest BCUT2D eigenvalue weighted by Crippen LogP contribution is -2.27. The van der Waals surface area contributed by atoms with Crippen molar-refractivity contribution < 1.29 is 17.3 Å². The first-order valence-corrected chi connectivity index (χ1v) is 13.1. The zero-order valence-electron chi connectivity index (χ0n) is 18.4. The quantitative estimate of drug-likeness (QED) is 0.248. The normalized spacial score (nSPS) is 18.5. The Balaban J connectivity index is 0.000000491. The van der Waals surface area contributed by atoms with Gasteiger partial charge < -0.3 is 17.3 Å². The van der Waals surface area contributed by atoms with Crippen LogP contribution in [0, 0.1) is 6.92 Å². The molecule has 0 heterocycles. The number of hydrogen-bond donors (Lipinski definition) is 0. The van der Waals surface area contributed by atoms with Gasteiger partial charge in [-0.3, -0.25) is 0 Å². The Labute approximate surface area is 185 Å². The van der Waals surface area contributed by atoms with Crippen LogP contribution in [0.2, 0.25) is 0 Å². The molecule has 0 nitrogen and oxygen atoms in total. The Morgan fingerprint density at radius 3 is 1.55 bits per heavy atom. The minimum absolute atomic E-state index is 0.0489. The van der Waals surface area contributed by atoms with E-state index < -0.39 is 7.25 Å². The highest BCUT2D eigenvalue weighted by Gasteiger charge is 2.33. The molecule has 0 saturated heterocycles. The number of aryl methyl sites for hydroxylation is 1. The molecule has 6 heteroatoms. The lowest BCUT2D eigenvalue weighted by Gasteiger charge is -2.39. The molecule has 0 radical (unpaired) electrons. The van der Waals surface area contributed by atoms with Crippen LogP contribution in [-0.4, -0.2) is 18.6 Å². The second-order valence-corrected chi connectivity index (χ2v) is 11.6. The van der Waals surface area contributed by atoms with Gasteiger partial charge in [0, 0.05) is 0 Å². The van der Waals surface area contributed by atoms with Crippen LogP contribution in [0.4, 0.5) is 17.3 Å². The van der Waals surface area contributed by atoms with Gasteiger partial charge in [-0.2, -0.15) is 0 Å². The van der Waals surface area contributed by atoms with Gasteiger partial charge in [0.15, 0.2) is 0 Å². The van der Waals surface area contributed by atoms with Crippen molar-refractivity contribution in [1.29, 1.82) is 0 Å². The van der Waals surface area contributed by atoms with E-state index in [-0.39, 0.29) is 7.92 Å². The van der Waals surface area contributed by atoms with Crippen molar-refractivity contribution in [3.63, 3.8) is 0 Å². The Morgan fingerprint density at radius 1 is 0.645 bits per heavy atom. The van der Waals surface area contributed by atoms with E-state index in [0.717, 1.165) is 11.3 Å². The predicted molar refractivity (Wildman–Crippen MR) is 127 cm³/mol. The Bertz CT molecular complexity index is 787. The van der Waals surface area contributed by atoms with Crippen LogP contribution in [-0.2, 0) is 0 Å². The van der Waals surface area contributed by atoms with Gasteiger partial charge in [0.05, 0.1) is 0 Å². The molecule has 0 amide bonds. The van der Waals surface area contributed by atoms with Gasteiger partial charge in [-0.25, -0.2) is 0 Å². The summed E-state index contributed by atoms with van der Waals surface area (Å²) in [6.07, 6.45) is 14.7. The smallest absolute Gasteiger partial charge is 0.418 e. The molecular formula is C25H33BF4P-. The summed E-state index contributed by atoms with van der Waals surface area (Å²) < 4.78 is 39.0. The van der Waals surface area contributed by atoms with E-state index in [1.54, 1.807) is 5.30 Å². The molecule has 0 bridgehead atoms. The first-order chi connectivity index (χ1) is 14.8. The third kappa shape index (κ3) is 7.34. The maximum absolute atomic E-state index is 9.75. The topological polar surface area (TPSA) is 0 Å². The molecule has 0 aliphatic heterocycles. The largest absolute Gasteiger partial charge is 0.673 e. The van der Waals surface area contributed by atoms with Crippen LogP contribution in [0.15, 0.2) is 48.5 Å². The molecule has 2 saturated carbocycles. The van der Waals surface area contributed by atoms with Gasteiger partial charge in [0.1, 0.15) is 0 Å². The number of benzene rings is 2. The molecule has 31 heavy (non-hydrogen) atoms. The first-order valence-electron chi connectivity index (χ1n) is 11.7. The van der Waals surface area contributed by atoms with Gasteiger partial charge in [0.25, 0.3) is 0 Å². The van der Waals surface area contributed by atoms with Crippen LogP contribution in [0.25, 0.3) is 11.1 Å². The molecular weight excluding hydrogens is 418 g/mol. The third-order valence-corrected chi connectivity index (χ3v) is 10.1. The summed E-state index contributed by atoms with van der Waals surface area (Å²) >= 11 is 0. The van der Waals surface area contributed by atoms with Crippen molar-refractivity contribution in [3.05, 3.63) is 54.1 Å². The standard InChI is InChI=1S/C25H33P.BF4/c1-20-12-8-9-17-23(20)24-18-10-11-19-25(24)26(21-13-4-2-5-14-21)22-15-6-3-7-16-22;2-1(3,4)5/h8-12,17-19,21-22H,2-7,13-16H2,1H3;/q;-1. The zero-order chi connectivity index (χ0) is 22.3. The SMILES string of the molecule is Cc1ccccc1-c1ccccc1P(C1CCCCC1)C1CCCCC1.F[B-](F)(F)F. The van der Waals surface area contributed by atoms with Crippen LogP contribution in [0.5, 0.6) is 0 Å². The van der Waals surface area contributed by atoms with Gasteiger partial charge in [0.2, 0.25) is 0 Å².